The number of hydrogen-bond acceptors (Lipinski definition) is 16. The normalized spacial score (nSPS) is 36.1. The maximum Gasteiger partial charge on any atom is 0.472 e. The third-order valence-corrected chi connectivity index (χ3v) is 9.19. The Morgan fingerprint density at radius 1 is 0.886 bits per heavy atom. The van der Waals surface area contributed by atoms with Crippen molar-refractivity contribution in [2.24, 2.45) is 0 Å². The highest BCUT2D eigenvalue weighted by Crippen LogP contribution is 2.51. The number of fused-ring (bicyclic) bond motifs is 5. The minimum atomic E-state index is -5.17. The van der Waals surface area contributed by atoms with E-state index in [2.05, 4.69) is 29.9 Å². The molecule has 4 aromatic heterocycles. The van der Waals surface area contributed by atoms with Crippen LogP contribution in [0.1, 0.15) is 12.5 Å². The number of anilines is 2. The number of alkyl halides is 2. The van der Waals surface area contributed by atoms with E-state index in [0.29, 0.717) is 0 Å². The van der Waals surface area contributed by atoms with Gasteiger partial charge in [0.2, 0.25) is 0 Å². The number of nitrogen functional groups attached to an aromatic ring is 2. The van der Waals surface area contributed by atoms with Crippen LogP contribution in [-0.2, 0) is 37.6 Å². The van der Waals surface area contributed by atoms with Crippen molar-refractivity contribution in [1.82, 2.24) is 43.8 Å². The molecule has 3 aliphatic rings. The summed E-state index contributed by atoms with van der Waals surface area (Å²) in [5.74, 6) is -0.00802. The maximum atomic E-state index is 15.8. The molecule has 0 aliphatic carbocycles. The number of nitrogens with zero attached hydrogens (tertiary/aromatic N) is 8. The zero-order chi connectivity index (χ0) is 31.0. The highest BCUT2D eigenvalue weighted by molar-refractivity contribution is 7.84. The largest absolute Gasteiger partial charge is 0.472 e. The van der Waals surface area contributed by atoms with E-state index in [1.165, 1.54) is 10.9 Å². The van der Waals surface area contributed by atoms with Crippen molar-refractivity contribution in [2.75, 3.05) is 24.6 Å². The molecule has 3 fully saturated rings. The maximum absolute atomic E-state index is 15.8. The predicted octanol–water partition coefficient (Wildman–Crippen LogP) is -0.963. The van der Waals surface area contributed by atoms with Crippen LogP contribution in [0.4, 0.5) is 20.4 Å². The van der Waals surface area contributed by atoms with E-state index < -0.39 is 80.5 Å². The van der Waals surface area contributed by atoms with Crippen molar-refractivity contribution in [3.8, 4) is 0 Å². The average molecular weight is 662 g/mol. The quantitative estimate of drug-likeness (QED) is 0.188. The molecule has 0 saturated carbocycles. The topological polar surface area (TPSA) is 269 Å². The van der Waals surface area contributed by atoms with Gasteiger partial charge in [-0.2, -0.15) is 13.1 Å². The van der Waals surface area contributed by atoms with E-state index in [4.69, 9.17) is 34.2 Å². The molecule has 0 radical (unpaired) electrons. The van der Waals surface area contributed by atoms with Crippen LogP contribution in [0.5, 0.6) is 0 Å². The number of hydrogen-bond donors (Lipinski definition) is 4. The van der Waals surface area contributed by atoms with Gasteiger partial charge in [0, 0.05) is 6.54 Å². The molecule has 236 valence electrons. The smallest absolute Gasteiger partial charge is 0.382 e. The minimum absolute atomic E-state index is 0.00373. The molecule has 0 spiro atoms. The molecule has 44 heavy (non-hydrogen) atoms. The fraction of sp³-hybridized carbons (Fsp3) is 0.500. The van der Waals surface area contributed by atoms with Gasteiger partial charge >= 0.3 is 18.1 Å². The molecule has 3 aliphatic heterocycles. The van der Waals surface area contributed by atoms with Crippen LogP contribution in [0, 0.1) is 0 Å². The van der Waals surface area contributed by atoms with E-state index in [-0.39, 0.29) is 34.0 Å². The third kappa shape index (κ3) is 4.95. The molecule has 2 bridgehead atoms. The summed E-state index contributed by atoms with van der Waals surface area (Å²) in [7, 11) is -9.98. The summed E-state index contributed by atoms with van der Waals surface area (Å²) in [6, 6.07) is 0. The molecule has 6 N–H and O–H groups in total. The second-order valence-corrected chi connectivity index (χ2v) is 12.7. The van der Waals surface area contributed by atoms with Crippen LogP contribution in [0.3, 0.4) is 0 Å². The van der Waals surface area contributed by atoms with E-state index in [1.54, 1.807) is 0 Å². The van der Waals surface area contributed by atoms with Gasteiger partial charge < -0.3 is 25.8 Å². The highest BCUT2D eigenvalue weighted by Gasteiger charge is 2.54. The molecule has 24 heteroatoms. The van der Waals surface area contributed by atoms with Crippen LogP contribution >= 0.6 is 7.82 Å². The number of phosphoric ester groups is 1. The Balaban J connectivity index is 1.20. The lowest BCUT2D eigenvalue weighted by Crippen LogP contribution is -2.43. The van der Waals surface area contributed by atoms with Crippen LogP contribution in [0.25, 0.3) is 22.3 Å². The van der Waals surface area contributed by atoms with Crippen molar-refractivity contribution in [1.29, 1.82) is 0 Å². The zero-order valence-corrected chi connectivity index (χ0v) is 23.6. The summed E-state index contributed by atoms with van der Waals surface area (Å²) in [4.78, 5) is 34.4. The van der Waals surface area contributed by atoms with Crippen LogP contribution in [-0.4, -0.2) is 102 Å². The van der Waals surface area contributed by atoms with E-state index >= 15 is 8.78 Å². The Bertz CT molecular complexity index is 1900. The fourth-order valence-electron chi connectivity index (χ4n) is 5.19. The van der Waals surface area contributed by atoms with E-state index in [9.17, 15) is 17.9 Å². The predicted molar refractivity (Wildman–Crippen MR) is 140 cm³/mol. The number of nitrogens with two attached hydrogens (primary N) is 2. The fourth-order valence-corrected chi connectivity index (χ4v) is 7.07. The summed E-state index contributed by atoms with van der Waals surface area (Å²) in [5, 5.41) is 0. The first kappa shape index (κ1) is 29.2. The summed E-state index contributed by atoms with van der Waals surface area (Å²) in [5.41, 5.74) is 12.0. The Morgan fingerprint density at radius 2 is 1.48 bits per heavy atom. The Morgan fingerprint density at radius 3 is 2.11 bits per heavy atom. The third-order valence-electron chi connectivity index (χ3n) is 7.21. The van der Waals surface area contributed by atoms with Crippen LogP contribution in [0.15, 0.2) is 25.3 Å². The van der Waals surface area contributed by atoms with Gasteiger partial charge in [0.05, 0.1) is 19.3 Å². The molecule has 1 unspecified atom stereocenters. The lowest BCUT2D eigenvalue weighted by atomic mass is 10.1. The number of imidazole rings is 2. The standard InChI is InChI=1S/C20H22F2N11O9PS/c21-9-7-1-31-44(36,37)42-13-8(40-19(10(13)22)32-5-29-11-15(23)25-3-27-17(11)32)2-38-43(34,35)41-14(9)20(39-7)33-6-30-12-16(24)26-4-28-18(12)33/h3-10,13-14,19-20,31H,1-2H2,(H,34,35)(H2,23,25,27)(H2,24,26,28)/t7-,8-,9-,10-,13-,14-,19-,20-/m1/s1. The number of nitrogens with one attached hydrogen (secondary N) is 1. The second-order valence-electron chi connectivity index (χ2n) is 9.88. The molecule has 20 nitrogen and oxygen atoms in total. The van der Waals surface area contributed by atoms with Gasteiger partial charge in [-0.15, -0.1) is 0 Å². The Kier molecular flexibility index (Phi) is 6.98. The molecule has 7 heterocycles. The van der Waals surface area contributed by atoms with Gasteiger partial charge in [0.15, 0.2) is 47.7 Å². The van der Waals surface area contributed by atoms with Crippen molar-refractivity contribution in [2.45, 2.75) is 49.2 Å². The number of halogens is 2. The first-order chi connectivity index (χ1) is 20.9. The minimum Gasteiger partial charge on any atom is -0.382 e. The van der Waals surface area contributed by atoms with Crippen molar-refractivity contribution in [3.63, 3.8) is 0 Å². The van der Waals surface area contributed by atoms with E-state index in [0.717, 1.165) is 23.5 Å². The van der Waals surface area contributed by atoms with Gasteiger partial charge in [-0.25, -0.2) is 47.4 Å². The van der Waals surface area contributed by atoms with Gasteiger partial charge in [-0.05, 0) is 0 Å². The van der Waals surface area contributed by atoms with Crippen LogP contribution < -0.4 is 16.2 Å². The summed E-state index contributed by atoms with van der Waals surface area (Å²) < 4.78 is 102. The zero-order valence-electron chi connectivity index (χ0n) is 21.9. The van der Waals surface area contributed by atoms with Crippen molar-refractivity contribution in [3.05, 3.63) is 25.3 Å². The average Bonchev–Trinajstić information content (AvgIpc) is 3.73. The molecular formula is C20H22F2N11O9PS. The molecule has 0 amide bonds. The lowest BCUT2D eigenvalue weighted by Gasteiger charge is -2.24. The van der Waals surface area contributed by atoms with Gasteiger partial charge in [0.25, 0.3) is 0 Å². The van der Waals surface area contributed by atoms with Crippen molar-refractivity contribution >= 4 is 52.1 Å². The molecule has 7 rings (SSSR count). The molecule has 9 atom stereocenters. The van der Waals surface area contributed by atoms with E-state index in [1.807, 2.05) is 4.72 Å². The van der Waals surface area contributed by atoms with Crippen molar-refractivity contribution < 1.29 is 49.4 Å². The van der Waals surface area contributed by atoms with Gasteiger partial charge in [0.1, 0.15) is 48.1 Å². The lowest BCUT2D eigenvalue weighted by molar-refractivity contribution is -0.0553. The monoisotopic (exact) mass is 661 g/mol. The number of rotatable bonds is 2. The highest BCUT2D eigenvalue weighted by atomic mass is 32.2. The first-order valence-electron chi connectivity index (χ1n) is 12.7. The molecule has 0 aromatic carbocycles. The molecular weight excluding hydrogens is 639 g/mol. The van der Waals surface area contributed by atoms with Gasteiger partial charge in [-0.3, -0.25) is 18.2 Å². The summed E-state index contributed by atoms with van der Waals surface area (Å²) in [6.45, 7) is -1.67. The van der Waals surface area contributed by atoms with Crippen LogP contribution in [0.2, 0.25) is 0 Å². The summed E-state index contributed by atoms with van der Waals surface area (Å²) in [6.07, 6.45) is -9.91. The molecule has 3 saturated heterocycles. The summed E-state index contributed by atoms with van der Waals surface area (Å²) >= 11 is 0. The Labute approximate surface area is 244 Å². The SMILES string of the molecule is Nc1ncnc2c1ncn2[C@@H]1O[C@@H]2COP(=O)(O)O[C@@H]3[C@H](F)[C@@H](CNS(=O)(=O)O[C@H]2[C@H]1F)O[C@H]3n1cnc2c(N)ncnc21. The number of ether oxygens (including phenoxy) is 2. The first-order valence-corrected chi connectivity index (χ1v) is 15.6. The second kappa shape index (κ2) is 10.5. The van der Waals surface area contributed by atoms with Gasteiger partial charge in [-0.1, -0.05) is 0 Å². The Hall–Kier alpha value is -3.54. The molecule has 4 aromatic rings. The number of aromatic nitrogens is 8. The number of phosphoric acid groups is 1.